The number of nitrogens with two attached hydrogens (primary N) is 1. The van der Waals surface area contributed by atoms with Crippen molar-refractivity contribution in [1.29, 1.82) is 0 Å². The molecule has 2 atom stereocenters. The van der Waals surface area contributed by atoms with Crippen LogP contribution in [0, 0.1) is 11.8 Å². The number of rotatable bonds is 2. The van der Waals surface area contributed by atoms with Gasteiger partial charge in [-0.15, -0.1) is 0 Å². The van der Waals surface area contributed by atoms with Gasteiger partial charge in [0.05, 0.1) is 5.69 Å². The van der Waals surface area contributed by atoms with Crippen LogP contribution >= 0.6 is 15.9 Å². The van der Waals surface area contributed by atoms with Crippen LogP contribution in [0.25, 0.3) is 0 Å². The van der Waals surface area contributed by atoms with E-state index in [2.05, 4.69) is 28.2 Å². The molecule has 4 heteroatoms. The van der Waals surface area contributed by atoms with E-state index < -0.39 is 0 Å². The molecule has 0 heterocycles. The third-order valence-corrected chi connectivity index (χ3v) is 3.35. The summed E-state index contributed by atoms with van der Waals surface area (Å²) in [5.74, 6) is 0.819. The van der Waals surface area contributed by atoms with Crippen molar-refractivity contribution in [2.75, 3.05) is 11.1 Å². The Kier molecular flexibility index (Phi) is 2.69. The third kappa shape index (κ3) is 2.31. The lowest BCUT2D eigenvalue weighted by atomic mass is 10.2. The minimum Gasteiger partial charge on any atom is -0.399 e. The zero-order valence-corrected chi connectivity index (χ0v) is 10.0. The summed E-state index contributed by atoms with van der Waals surface area (Å²) < 4.78 is 0.823. The first-order valence-corrected chi connectivity index (χ1v) is 5.73. The molecule has 0 saturated heterocycles. The highest BCUT2D eigenvalue weighted by Crippen LogP contribution is 2.39. The van der Waals surface area contributed by atoms with Gasteiger partial charge in [0.25, 0.3) is 0 Å². The van der Waals surface area contributed by atoms with E-state index in [1.807, 2.05) is 6.07 Å². The maximum Gasteiger partial charge on any atom is 0.227 e. The Bertz CT molecular complexity index is 406. The molecular weight excluding hydrogens is 256 g/mol. The van der Waals surface area contributed by atoms with Gasteiger partial charge in [0.15, 0.2) is 0 Å². The van der Waals surface area contributed by atoms with Crippen molar-refractivity contribution in [2.45, 2.75) is 13.3 Å². The Balaban J connectivity index is 2.07. The van der Waals surface area contributed by atoms with Gasteiger partial charge in [-0.1, -0.05) is 6.92 Å². The van der Waals surface area contributed by atoms with Gasteiger partial charge in [-0.2, -0.15) is 0 Å². The summed E-state index contributed by atoms with van der Waals surface area (Å²) in [6, 6.07) is 5.37. The van der Waals surface area contributed by atoms with Crippen molar-refractivity contribution < 1.29 is 4.79 Å². The van der Waals surface area contributed by atoms with Gasteiger partial charge in [-0.05, 0) is 46.5 Å². The maximum atomic E-state index is 11.7. The molecule has 1 saturated carbocycles. The van der Waals surface area contributed by atoms with Crippen LogP contribution in [-0.4, -0.2) is 5.91 Å². The fourth-order valence-corrected chi connectivity index (χ4v) is 2.04. The summed E-state index contributed by atoms with van der Waals surface area (Å²) >= 11 is 3.37. The summed E-state index contributed by atoms with van der Waals surface area (Å²) in [6.45, 7) is 2.09. The summed E-state index contributed by atoms with van der Waals surface area (Å²) in [7, 11) is 0. The lowest BCUT2D eigenvalue weighted by Gasteiger charge is -2.07. The summed E-state index contributed by atoms with van der Waals surface area (Å²) in [6.07, 6.45) is 0.998. The van der Waals surface area contributed by atoms with E-state index in [9.17, 15) is 4.79 Å². The first kappa shape index (κ1) is 10.5. The Morgan fingerprint density at radius 2 is 2.27 bits per heavy atom. The van der Waals surface area contributed by atoms with Gasteiger partial charge in [0.1, 0.15) is 0 Å². The predicted octanol–water partition coefficient (Wildman–Crippen LogP) is 2.63. The molecule has 1 amide bonds. The van der Waals surface area contributed by atoms with E-state index in [0.29, 0.717) is 11.6 Å². The van der Waals surface area contributed by atoms with E-state index in [0.717, 1.165) is 16.6 Å². The lowest BCUT2D eigenvalue weighted by Crippen LogP contribution is -2.14. The van der Waals surface area contributed by atoms with Crippen molar-refractivity contribution >= 4 is 33.2 Å². The molecule has 0 aromatic heterocycles. The van der Waals surface area contributed by atoms with Crippen LogP contribution in [-0.2, 0) is 4.79 Å². The molecule has 1 aromatic rings. The second-order valence-corrected chi connectivity index (χ2v) is 4.90. The van der Waals surface area contributed by atoms with Crippen LogP contribution in [0.5, 0.6) is 0 Å². The van der Waals surface area contributed by atoms with Crippen LogP contribution < -0.4 is 11.1 Å². The molecule has 80 valence electrons. The lowest BCUT2D eigenvalue weighted by molar-refractivity contribution is -0.117. The molecule has 2 unspecified atom stereocenters. The molecule has 1 aliphatic rings. The SMILES string of the molecule is CC1CC1C(=O)Nc1ccc(N)cc1Br. The van der Waals surface area contributed by atoms with Crippen LogP contribution in [0.2, 0.25) is 0 Å². The van der Waals surface area contributed by atoms with Crippen LogP contribution in [0.1, 0.15) is 13.3 Å². The number of carbonyl (C=O) groups excluding carboxylic acids is 1. The van der Waals surface area contributed by atoms with Gasteiger partial charge in [0.2, 0.25) is 5.91 Å². The highest BCUT2D eigenvalue weighted by Gasteiger charge is 2.39. The van der Waals surface area contributed by atoms with Gasteiger partial charge >= 0.3 is 0 Å². The van der Waals surface area contributed by atoms with Gasteiger partial charge < -0.3 is 11.1 Å². The quantitative estimate of drug-likeness (QED) is 0.811. The van der Waals surface area contributed by atoms with Crippen LogP contribution in [0.4, 0.5) is 11.4 Å². The highest BCUT2D eigenvalue weighted by atomic mass is 79.9. The Labute approximate surface area is 97.2 Å². The van der Waals surface area contributed by atoms with Crippen molar-refractivity contribution in [1.82, 2.24) is 0 Å². The van der Waals surface area contributed by atoms with Crippen LogP contribution in [0.15, 0.2) is 22.7 Å². The second kappa shape index (κ2) is 3.85. The maximum absolute atomic E-state index is 11.7. The molecule has 0 bridgehead atoms. The van der Waals surface area contributed by atoms with Crippen molar-refractivity contribution in [3.63, 3.8) is 0 Å². The molecule has 15 heavy (non-hydrogen) atoms. The first-order chi connectivity index (χ1) is 7.08. The minimum atomic E-state index is 0.105. The second-order valence-electron chi connectivity index (χ2n) is 4.05. The van der Waals surface area contributed by atoms with E-state index in [-0.39, 0.29) is 11.8 Å². The van der Waals surface area contributed by atoms with Crippen molar-refractivity contribution in [3.8, 4) is 0 Å². The number of nitrogens with one attached hydrogen (secondary N) is 1. The number of nitrogen functional groups attached to an aromatic ring is 1. The number of hydrogen-bond acceptors (Lipinski definition) is 2. The number of carbonyl (C=O) groups is 1. The smallest absolute Gasteiger partial charge is 0.227 e. The monoisotopic (exact) mass is 268 g/mol. The number of anilines is 2. The zero-order valence-electron chi connectivity index (χ0n) is 8.46. The highest BCUT2D eigenvalue weighted by molar-refractivity contribution is 9.10. The number of benzene rings is 1. The molecule has 1 aliphatic carbocycles. The van der Waals surface area contributed by atoms with Gasteiger partial charge in [-0.25, -0.2) is 0 Å². The van der Waals surface area contributed by atoms with Crippen molar-refractivity contribution in [2.24, 2.45) is 11.8 Å². The normalized spacial score (nSPS) is 23.6. The largest absolute Gasteiger partial charge is 0.399 e. The summed E-state index contributed by atoms with van der Waals surface area (Å²) in [5.41, 5.74) is 7.08. The molecule has 2 rings (SSSR count). The molecule has 0 radical (unpaired) electrons. The standard InChI is InChI=1S/C11H13BrN2O/c1-6-4-8(6)11(15)14-10-3-2-7(13)5-9(10)12/h2-3,5-6,8H,4,13H2,1H3,(H,14,15). The van der Waals surface area contributed by atoms with E-state index in [1.165, 1.54) is 0 Å². The Morgan fingerprint density at radius 1 is 1.60 bits per heavy atom. The number of halogens is 1. The average molecular weight is 269 g/mol. The topological polar surface area (TPSA) is 55.1 Å². The predicted molar refractivity (Wildman–Crippen MR) is 64.5 cm³/mol. The third-order valence-electron chi connectivity index (χ3n) is 2.70. The molecule has 3 nitrogen and oxygen atoms in total. The molecule has 0 aliphatic heterocycles. The summed E-state index contributed by atoms with van der Waals surface area (Å²) in [4.78, 5) is 11.7. The first-order valence-electron chi connectivity index (χ1n) is 4.94. The Morgan fingerprint density at radius 3 is 2.80 bits per heavy atom. The molecule has 3 N–H and O–H groups in total. The minimum absolute atomic E-state index is 0.105. The van der Waals surface area contributed by atoms with E-state index >= 15 is 0 Å². The van der Waals surface area contributed by atoms with Crippen LogP contribution in [0.3, 0.4) is 0 Å². The van der Waals surface area contributed by atoms with Gasteiger partial charge in [0, 0.05) is 16.1 Å². The fraction of sp³-hybridized carbons (Fsp3) is 0.364. The average Bonchev–Trinajstić information content (AvgIpc) is 2.88. The van der Waals surface area contributed by atoms with E-state index in [1.54, 1.807) is 12.1 Å². The molecule has 1 fully saturated rings. The van der Waals surface area contributed by atoms with E-state index in [4.69, 9.17) is 5.73 Å². The number of hydrogen-bond donors (Lipinski definition) is 2. The molecule has 1 aromatic carbocycles. The van der Waals surface area contributed by atoms with Crippen molar-refractivity contribution in [3.05, 3.63) is 22.7 Å². The van der Waals surface area contributed by atoms with Gasteiger partial charge in [-0.3, -0.25) is 4.79 Å². The number of amides is 1. The zero-order chi connectivity index (χ0) is 11.0. The fourth-order valence-electron chi connectivity index (χ4n) is 1.55. The summed E-state index contributed by atoms with van der Waals surface area (Å²) in [5, 5.41) is 2.89. The Hall–Kier alpha value is -1.03. The molecule has 0 spiro atoms. The molecular formula is C11H13BrN2O.